The Balaban J connectivity index is 0.000000133. The fraction of sp³-hybridized carbons (Fsp3) is 0.0455. The number of nitrogens with zero attached hydrogens (tertiary/aromatic N) is 4. The summed E-state index contributed by atoms with van der Waals surface area (Å²) in [4.78, 5) is 32.1. The van der Waals surface area contributed by atoms with E-state index >= 15 is 0 Å². The van der Waals surface area contributed by atoms with Crippen LogP contribution in [0.5, 0.6) is 0 Å². The molecule has 12 nitrogen and oxygen atoms in total. The molecule has 0 aliphatic carbocycles. The lowest BCUT2D eigenvalue weighted by Gasteiger charge is -2.06. The van der Waals surface area contributed by atoms with Crippen molar-refractivity contribution >= 4 is 72.7 Å². The van der Waals surface area contributed by atoms with Gasteiger partial charge in [-0.3, -0.25) is 9.59 Å². The quantitative estimate of drug-likeness (QED) is 0.126. The van der Waals surface area contributed by atoms with Gasteiger partial charge in [-0.05, 0) is 97.2 Å². The number of aromatic amines is 2. The van der Waals surface area contributed by atoms with E-state index in [1.165, 1.54) is 0 Å². The van der Waals surface area contributed by atoms with Crippen molar-refractivity contribution in [3.05, 3.63) is 171 Å². The number of benzene rings is 6. The Bertz CT molecular complexity index is 3150. The van der Waals surface area contributed by atoms with Gasteiger partial charge in [0.2, 0.25) is 0 Å². The van der Waals surface area contributed by atoms with E-state index in [0.717, 1.165) is 72.3 Å². The van der Waals surface area contributed by atoms with Gasteiger partial charge in [-0.1, -0.05) is 72.8 Å². The highest BCUT2D eigenvalue weighted by Crippen LogP contribution is 2.28. The lowest BCUT2D eigenvalue weighted by molar-refractivity contribution is 0.604. The lowest BCUT2D eigenvalue weighted by atomic mass is 10.0. The third kappa shape index (κ3) is 7.97. The highest BCUT2D eigenvalue weighted by atomic mass is 35.5. The van der Waals surface area contributed by atoms with E-state index in [-0.39, 0.29) is 16.5 Å². The van der Waals surface area contributed by atoms with E-state index in [4.69, 9.17) is 26.2 Å². The second-order valence-electron chi connectivity index (χ2n) is 13.1. The smallest absolute Gasteiger partial charge is 0.300 e. The molecule has 0 saturated carbocycles. The van der Waals surface area contributed by atoms with Crippen LogP contribution in [-0.4, -0.2) is 30.4 Å². The van der Waals surface area contributed by atoms with Gasteiger partial charge in [-0.2, -0.15) is 20.2 Å². The fourth-order valence-corrected chi connectivity index (χ4v) is 6.42. The zero-order chi connectivity index (χ0) is 39.5. The summed E-state index contributed by atoms with van der Waals surface area (Å²) >= 11 is 5.56. The van der Waals surface area contributed by atoms with Crippen LogP contribution in [0.1, 0.15) is 11.1 Å². The summed E-state index contributed by atoms with van der Waals surface area (Å²) in [7, 11) is 0. The Morgan fingerprint density at radius 2 is 1.05 bits per heavy atom. The maximum Gasteiger partial charge on any atom is 0.300 e. The van der Waals surface area contributed by atoms with Gasteiger partial charge in [0, 0.05) is 33.3 Å². The number of aryl methyl sites for hydroxylation is 2. The van der Waals surface area contributed by atoms with Crippen LogP contribution in [0.2, 0.25) is 5.35 Å². The minimum absolute atomic E-state index is 0.176. The number of nitrogens with two attached hydrogens (primary N) is 1. The molecule has 0 saturated heterocycles. The second-order valence-corrected chi connectivity index (χ2v) is 13.5. The summed E-state index contributed by atoms with van der Waals surface area (Å²) in [5, 5.41) is 19.8. The molecule has 0 atom stereocenters. The number of fused-ring (bicyclic) bond motifs is 4. The first-order valence-corrected chi connectivity index (χ1v) is 18.1. The van der Waals surface area contributed by atoms with Crippen molar-refractivity contribution in [3.63, 3.8) is 0 Å². The molecule has 13 heteroatoms. The second kappa shape index (κ2) is 15.7. The van der Waals surface area contributed by atoms with Crippen LogP contribution in [0, 0.1) is 13.8 Å². The topological polar surface area (TPSA) is 182 Å². The fourth-order valence-electron chi connectivity index (χ4n) is 6.25. The summed E-state index contributed by atoms with van der Waals surface area (Å²) in [6, 6.07) is 42.1. The largest absolute Gasteiger partial charge is 0.428 e. The number of nitrogens with one attached hydrogen (secondary N) is 3. The van der Waals surface area contributed by atoms with Crippen LogP contribution in [0.4, 0.5) is 17.4 Å². The molecule has 10 rings (SSSR count). The molecule has 0 bridgehead atoms. The molecule has 280 valence electrons. The number of halogens is 1. The number of oxazole rings is 2. The normalized spacial score (nSPS) is 10.9. The van der Waals surface area contributed by atoms with Gasteiger partial charge in [0.25, 0.3) is 22.5 Å². The van der Waals surface area contributed by atoms with Crippen molar-refractivity contribution in [1.82, 2.24) is 30.4 Å². The predicted octanol–water partition coefficient (Wildman–Crippen LogP) is 9.75. The number of nitrogen functional groups attached to an aromatic ring is 1. The minimum atomic E-state index is -0.191. The van der Waals surface area contributed by atoms with Crippen molar-refractivity contribution in [2.45, 2.75) is 13.8 Å². The molecule has 0 aliphatic rings. The van der Waals surface area contributed by atoms with Crippen LogP contribution >= 0.6 is 11.6 Å². The van der Waals surface area contributed by atoms with Crippen molar-refractivity contribution in [2.24, 2.45) is 0 Å². The van der Waals surface area contributed by atoms with Crippen LogP contribution in [-0.2, 0) is 0 Å². The number of aromatic nitrogens is 6. The molecule has 0 amide bonds. The van der Waals surface area contributed by atoms with Crippen molar-refractivity contribution in [1.29, 1.82) is 0 Å². The summed E-state index contributed by atoms with van der Waals surface area (Å²) in [6.07, 6.45) is 0. The first-order valence-electron chi connectivity index (χ1n) is 17.8. The van der Waals surface area contributed by atoms with Crippen LogP contribution in [0.25, 0.3) is 66.3 Å². The van der Waals surface area contributed by atoms with Gasteiger partial charge in [0.05, 0.1) is 22.2 Å². The minimum Gasteiger partial charge on any atom is -0.428 e. The Labute approximate surface area is 329 Å². The van der Waals surface area contributed by atoms with Crippen molar-refractivity contribution < 1.29 is 8.83 Å². The Hall–Kier alpha value is -7.57. The average Bonchev–Trinajstić information content (AvgIpc) is 3.80. The number of hydrogen-bond acceptors (Lipinski definition) is 10. The van der Waals surface area contributed by atoms with Crippen LogP contribution < -0.4 is 22.2 Å². The van der Waals surface area contributed by atoms with Crippen LogP contribution in [0.3, 0.4) is 0 Å². The molecule has 0 radical (unpaired) electrons. The average molecular weight is 773 g/mol. The van der Waals surface area contributed by atoms with Crippen LogP contribution in [0.15, 0.2) is 152 Å². The maximum absolute atomic E-state index is 12.0. The van der Waals surface area contributed by atoms with E-state index in [9.17, 15) is 9.59 Å². The molecular weight excluding hydrogens is 740 g/mol. The van der Waals surface area contributed by atoms with Gasteiger partial charge in [-0.15, -0.1) is 0 Å². The molecule has 10 aromatic rings. The van der Waals surface area contributed by atoms with Gasteiger partial charge < -0.3 is 19.9 Å². The Kier molecular flexibility index (Phi) is 10.00. The van der Waals surface area contributed by atoms with Gasteiger partial charge in [0.15, 0.2) is 11.2 Å². The molecule has 57 heavy (non-hydrogen) atoms. The maximum atomic E-state index is 12.0. The molecule has 0 spiro atoms. The van der Waals surface area contributed by atoms with Crippen molar-refractivity contribution in [3.8, 4) is 22.5 Å². The summed E-state index contributed by atoms with van der Waals surface area (Å²) < 4.78 is 10.8. The zero-order valence-electron chi connectivity index (χ0n) is 30.6. The SMILES string of the molecule is Cc1ccc2oc(Cl)nc2c1.Cc1ccc2oc(Nc3ccc(-c4n[nH]c(=O)c5ccccc45)cc3)nc2c1.Nc1ccc(-c2n[nH]c(=O)c3ccccc23)cc1. The molecular formula is C44H33ClN8O4. The number of hydrogen-bond donors (Lipinski definition) is 4. The first kappa shape index (κ1) is 36.4. The Morgan fingerprint density at radius 1 is 0.579 bits per heavy atom. The van der Waals surface area contributed by atoms with Crippen molar-refractivity contribution in [2.75, 3.05) is 11.1 Å². The standard InChI is InChI=1S/C22H16N4O2.C14H11N3O.C8H6ClNO/c1-13-6-11-19-18(12-13)24-22(28-19)23-15-9-7-14(8-10-15)20-16-4-2-3-5-17(16)21(27)26-25-20;15-10-7-5-9(6-8-10)13-11-3-1-2-4-12(11)14(18)17-16-13;1-5-2-3-7-6(4-5)10-8(9)11-7/h2-12H,1H3,(H,23,24)(H,26,27);1-8H,15H2,(H,17,18);2-4H,1H3. The molecule has 4 heterocycles. The molecule has 0 fully saturated rings. The monoisotopic (exact) mass is 772 g/mol. The van der Waals surface area contributed by atoms with E-state index in [2.05, 4.69) is 35.7 Å². The lowest BCUT2D eigenvalue weighted by Crippen LogP contribution is -2.09. The number of rotatable bonds is 4. The predicted molar refractivity (Wildman–Crippen MR) is 226 cm³/mol. The summed E-state index contributed by atoms with van der Waals surface area (Å²) in [5.41, 5.74) is 15.6. The first-order chi connectivity index (χ1) is 27.7. The molecule has 5 N–H and O–H groups in total. The van der Waals surface area contributed by atoms with E-state index < -0.39 is 0 Å². The zero-order valence-corrected chi connectivity index (χ0v) is 31.3. The van der Waals surface area contributed by atoms with E-state index in [0.29, 0.717) is 22.5 Å². The van der Waals surface area contributed by atoms with Gasteiger partial charge in [0.1, 0.15) is 11.0 Å². The number of H-pyrrole nitrogens is 2. The number of anilines is 3. The van der Waals surface area contributed by atoms with Gasteiger partial charge >= 0.3 is 0 Å². The summed E-state index contributed by atoms with van der Waals surface area (Å²) in [6.45, 7) is 4.02. The molecule has 6 aromatic carbocycles. The Morgan fingerprint density at radius 3 is 1.60 bits per heavy atom. The van der Waals surface area contributed by atoms with E-state index in [1.807, 2.05) is 135 Å². The summed E-state index contributed by atoms with van der Waals surface area (Å²) in [5.74, 6) is 0. The third-order valence-electron chi connectivity index (χ3n) is 9.05. The molecule has 0 aliphatic heterocycles. The third-order valence-corrected chi connectivity index (χ3v) is 9.21. The molecule has 4 aromatic heterocycles. The van der Waals surface area contributed by atoms with E-state index in [1.54, 1.807) is 12.1 Å². The molecule has 0 unspecified atom stereocenters. The van der Waals surface area contributed by atoms with Gasteiger partial charge in [-0.25, -0.2) is 10.2 Å². The highest BCUT2D eigenvalue weighted by molar-refractivity contribution is 6.28. The highest BCUT2D eigenvalue weighted by Gasteiger charge is 2.11.